The van der Waals surface area contributed by atoms with E-state index in [1.54, 1.807) is 24.3 Å². The van der Waals surface area contributed by atoms with Gasteiger partial charge >= 0.3 is 5.30 Å². The van der Waals surface area contributed by atoms with Crippen LogP contribution in [0.5, 0.6) is 0 Å². The number of nitrogens with one attached hydrogen (secondary N) is 1. The van der Waals surface area contributed by atoms with Crippen LogP contribution >= 0.6 is 11.8 Å². The first-order chi connectivity index (χ1) is 7.40. The van der Waals surface area contributed by atoms with Gasteiger partial charge in [-0.05, 0) is 56.8 Å². The van der Waals surface area contributed by atoms with Gasteiger partial charge in [0, 0.05) is 4.90 Å². The van der Waals surface area contributed by atoms with Crippen molar-refractivity contribution < 1.29 is 9.53 Å². The smallest absolute Gasteiger partial charge is 0.372 e. The van der Waals surface area contributed by atoms with Crippen LogP contribution in [0.2, 0.25) is 0 Å². The SMILES string of the molecule is CC(C)(C)OC(=O)Sc1ccc(N=N)cc1. The fourth-order valence-electron chi connectivity index (χ4n) is 0.956. The Hall–Kier alpha value is -1.36. The summed E-state index contributed by atoms with van der Waals surface area (Å²) >= 11 is 1.03. The number of hydrogen-bond donors (Lipinski definition) is 1. The summed E-state index contributed by atoms with van der Waals surface area (Å²) < 4.78 is 5.16. The third-order valence-corrected chi connectivity index (χ3v) is 2.31. The molecule has 16 heavy (non-hydrogen) atoms. The fourth-order valence-corrected chi connectivity index (χ4v) is 1.71. The number of rotatable bonds is 2. The number of ether oxygens (including phenoxy) is 1. The molecule has 0 fully saturated rings. The van der Waals surface area contributed by atoms with Crippen LogP contribution in [0.15, 0.2) is 34.3 Å². The zero-order valence-corrected chi connectivity index (χ0v) is 10.3. The minimum absolute atomic E-state index is 0.330. The first kappa shape index (κ1) is 12.7. The van der Waals surface area contributed by atoms with E-state index in [4.69, 9.17) is 10.3 Å². The van der Waals surface area contributed by atoms with Gasteiger partial charge in [-0.3, -0.25) is 0 Å². The third kappa shape index (κ3) is 4.44. The minimum atomic E-state index is -0.472. The molecule has 5 heteroatoms. The van der Waals surface area contributed by atoms with Gasteiger partial charge in [0.2, 0.25) is 0 Å². The summed E-state index contributed by atoms with van der Waals surface area (Å²) in [5.74, 6) is 0. The zero-order valence-electron chi connectivity index (χ0n) is 9.48. The van der Waals surface area contributed by atoms with Crippen molar-refractivity contribution in [3.63, 3.8) is 0 Å². The van der Waals surface area contributed by atoms with Gasteiger partial charge < -0.3 is 4.74 Å². The fraction of sp³-hybridized carbons (Fsp3) is 0.364. The number of carbonyl (C=O) groups excluding carboxylic acids is 1. The van der Waals surface area contributed by atoms with Gasteiger partial charge in [0.25, 0.3) is 0 Å². The Balaban J connectivity index is 2.59. The normalized spacial score (nSPS) is 10.9. The lowest BCUT2D eigenvalue weighted by Gasteiger charge is -2.18. The van der Waals surface area contributed by atoms with Crippen LogP contribution in [-0.2, 0) is 4.74 Å². The largest absolute Gasteiger partial charge is 0.452 e. The molecule has 86 valence electrons. The quantitative estimate of drug-likeness (QED) is 0.472. The highest BCUT2D eigenvalue weighted by atomic mass is 32.2. The van der Waals surface area contributed by atoms with E-state index in [1.807, 2.05) is 20.8 Å². The van der Waals surface area contributed by atoms with Crippen molar-refractivity contribution in [3.05, 3.63) is 24.3 Å². The molecule has 0 radical (unpaired) electrons. The number of carbonyl (C=O) groups is 1. The van der Waals surface area contributed by atoms with Crippen LogP contribution in [0, 0.1) is 5.53 Å². The molecule has 0 aliphatic heterocycles. The van der Waals surface area contributed by atoms with Crippen molar-refractivity contribution in [3.8, 4) is 0 Å². The molecule has 0 spiro atoms. The van der Waals surface area contributed by atoms with Crippen molar-refractivity contribution in [2.45, 2.75) is 31.3 Å². The number of nitrogens with zero attached hydrogens (tertiary/aromatic N) is 1. The zero-order chi connectivity index (χ0) is 12.2. The van der Waals surface area contributed by atoms with E-state index >= 15 is 0 Å². The molecule has 1 rings (SSSR count). The maximum atomic E-state index is 11.5. The van der Waals surface area contributed by atoms with E-state index in [1.165, 1.54) is 0 Å². The molecule has 4 nitrogen and oxygen atoms in total. The van der Waals surface area contributed by atoms with Crippen LogP contribution in [0.1, 0.15) is 20.8 Å². The molecule has 0 aromatic heterocycles. The van der Waals surface area contributed by atoms with Crippen molar-refractivity contribution in [2.75, 3.05) is 0 Å². The Morgan fingerprint density at radius 3 is 2.31 bits per heavy atom. The van der Waals surface area contributed by atoms with Gasteiger partial charge in [-0.25, -0.2) is 10.3 Å². The van der Waals surface area contributed by atoms with Crippen molar-refractivity contribution in [1.82, 2.24) is 0 Å². The van der Waals surface area contributed by atoms with Crippen LogP contribution < -0.4 is 0 Å². The van der Waals surface area contributed by atoms with Crippen molar-refractivity contribution in [2.24, 2.45) is 5.11 Å². The average molecular weight is 238 g/mol. The maximum Gasteiger partial charge on any atom is 0.372 e. The summed E-state index contributed by atoms with van der Waals surface area (Å²) in [6.45, 7) is 5.48. The molecule has 0 heterocycles. The molecule has 0 saturated heterocycles. The highest BCUT2D eigenvalue weighted by Gasteiger charge is 2.17. The summed E-state index contributed by atoms with van der Waals surface area (Å²) in [5, 5.41) is 2.94. The van der Waals surface area contributed by atoms with Crippen molar-refractivity contribution >= 4 is 22.8 Å². The highest BCUT2D eigenvalue weighted by molar-refractivity contribution is 8.13. The van der Waals surface area contributed by atoms with Crippen LogP contribution in [0.25, 0.3) is 0 Å². The third-order valence-electron chi connectivity index (χ3n) is 1.56. The van der Waals surface area contributed by atoms with Gasteiger partial charge in [0.15, 0.2) is 0 Å². The van der Waals surface area contributed by atoms with E-state index in [0.29, 0.717) is 5.69 Å². The number of benzene rings is 1. The summed E-state index contributed by atoms with van der Waals surface area (Å²) in [4.78, 5) is 12.2. The standard InChI is InChI=1S/C11H14N2O2S/c1-11(2,3)15-10(14)16-9-6-4-8(13-12)5-7-9/h4-7,12H,1-3H3. The molecule has 1 N–H and O–H groups in total. The second-order valence-electron chi connectivity index (χ2n) is 4.17. The summed E-state index contributed by atoms with van der Waals surface area (Å²) in [6, 6.07) is 6.84. The molecular formula is C11H14N2O2S. The summed E-state index contributed by atoms with van der Waals surface area (Å²) in [5.41, 5.74) is 6.89. The van der Waals surface area contributed by atoms with Crippen LogP contribution in [-0.4, -0.2) is 10.9 Å². The van der Waals surface area contributed by atoms with E-state index < -0.39 is 5.60 Å². The van der Waals surface area contributed by atoms with Crippen molar-refractivity contribution in [1.29, 1.82) is 5.53 Å². The van der Waals surface area contributed by atoms with E-state index in [-0.39, 0.29) is 5.30 Å². The van der Waals surface area contributed by atoms with Crippen LogP contribution in [0.3, 0.4) is 0 Å². The maximum absolute atomic E-state index is 11.5. The molecule has 1 aromatic rings. The lowest BCUT2D eigenvalue weighted by Crippen LogP contribution is -2.21. The average Bonchev–Trinajstić information content (AvgIpc) is 2.16. The van der Waals surface area contributed by atoms with Gasteiger partial charge in [-0.15, -0.1) is 0 Å². The predicted octanol–water partition coefficient (Wildman–Crippen LogP) is 4.38. The van der Waals surface area contributed by atoms with Crippen LogP contribution in [0.4, 0.5) is 10.5 Å². The molecule has 0 aliphatic rings. The molecule has 0 saturated carbocycles. The molecular weight excluding hydrogens is 224 g/mol. The minimum Gasteiger partial charge on any atom is -0.452 e. The first-order valence-electron chi connectivity index (χ1n) is 4.79. The van der Waals surface area contributed by atoms with E-state index in [2.05, 4.69) is 5.11 Å². The number of thioether (sulfide) groups is 1. The number of hydrogen-bond acceptors (Lipinski definition) is 5. The van der Waals surface area contributed by atoms with E-state index in [0.717, 1.165) is 16.7 Å². The van der Waals surface area contributed by atoms with Gasteiger partial charge in [0.05, 0.1) is 5.69 Å². The van der Waals surface area contributed by atoms with E-state index in [9.17, 15) is 4.79 Å². The summed E-state index contributed by atoms with van der Waals surface area (Å²) in [6.07, 6.45) is 0. The molecule has 0 atom stereocenters. The Bertz CT molecular complexity index is 382. The lowest BCUT2D eigenvalue weighted by molar-refractivity contribution is 0.0738. The molecule has 0 aliphatic carbocycles. The Morgan fingerprint density at radius 1 is 1.31 bits per heavy atom. The highest BCUT2D eigenvalue weighted by Crippen LogP contribution is 2.25. The lowest BCUT2D eigenvalue weighted by atomic mass is 10.2. The van der Waals surface area contributed by atoms with Gasteiger partial charge in [-0.1, -0.05) is 0 Å². The molecule has 0 amide bonds. The topological polar surface area (TPSA) is 62.5 Å². The first-order valence-corrected chi connectivity index (χ1v) is 5.61. The monoisotopic (exact) mass is 238 g/mol. The second-order valence-corrected chi connectivity index (χ2v) is 5.18. The molecule has 1 aromatic carbocycles. The van der Waals surface area contributed by atoms with Gasteiger partial charge in [0.1, 0.15) is 5.60 Å². The second kappa shape index (κ2) is 5.12. The Labute approximate surface area is 98.9 Å². The molecule has 0 unspecified atom stereocenters. The molecule has 0 bridgehead atoms. The van der Waals surface area contributed by atoms with Gasteiger partial charge in [-0.2, -0.15) is 5.11 Å². The summed E-state index contributed by atoms with van der Waals surface area (Å²) in [7, 11) is 0. The predicted molar refractivity (Wildman–Crippen MR) is 63.3 cm³/mol. The Kier molecular flexibility index (Phi) is 4.06. The Morgan fingerprint density at radius 2 is 1.88 bits per heavy atom.